The summed E-state index contributed by atoms with van der Waals surface area (Å²) in [7, 11) is 0. The van der Waals surface area contributed by atoms with E-state index >= 15 is 0 Å². The molecular weight excluding hydrogens is 328 g/mol. The van der Waals surface area contributed by atoms with Crippen molar-refractivity contribution in [1.29, 1.82) is 0 Å². The highest BCUT2D eigenvalue weighted by molar-refractivity contribution is 6.22. The molecule has 0 unspecified atom stereocenters. The lowest BCUT2D eigenvalue weighted by Crippen LogP contribution is -2.45. The summed E-state index contributed by atoms with van der Waals surface area (Å²) in [6, 6.07) is 12.3. The van der Waals surface area contributed by atoms with Crippen molar-refractivity contribution < 1.29 is 14.4 Å². The van der Waals surface area contributed by atoms with Gasteiger partial charge in [-0.15, -0.1) is 0 Å². The molecule has 5 heteroatoms. The van der Waals surface area contributed by atoms with E-state index in [2.05, 4.69) is 13.8 Å². The summed E-state index contributed by atoms with van der Waals surface area (Å²) in [5.41, 5.74) is 7.23. The molecule has 0 aliphatic carbocycles. The molecule has 1 heterocycles. The van der Waals surface area contributed by atoms with Crippen LogP contribution < -0.4 is 5.73 Å². The molecule has 2 aromatic carbocycles. The van der Waals surface area contributed by atoms with E-state index in [1.54, 1.807) is 0 Å². The number of amides is 3. The minimum Gasteiger partial charge on any atom is -0.366 e. The Balaban J connectivity index is 2.06. The van der Waals surface area contributed by atoms with E-state index in [1.807, 2.05) is 38.1 Å². The third kappa shape index (κ3) is 2.69. The minimum atomic E-state index is -0.828. The molecule has 0 atom stereocenters. The second-order valence-corrected chi connectivity index (χ2v) is 7.41. The molecule has 0 saturated carbocycles. The van der Waals surface area contributed by atoms with Gasteiger partial charge in [0.1, 0.15) is 0 Å². The van der Waals surface area contributed by atoms with Gasteiger partial charge in [-0.05, 0) is 49.1 Å². The lowest BCUT2D eigenvalue weighted by atomic mass is 9.89. The maximum absolute atomic E-state index is 13.0. The van der Waals surface area contributed by atoms with Crippen LogP contribution in [0.1, 0.15) is 75.8 Å². The van der Waals surface area contributed by atoms with Crippen LogP contribution >= 0.6 is 0 Å². The lowest BCUT2D eigenvalue weighted by molar-refractivity contribution is 0.0475. The third-order valence-corrected chi connectivity index (χ3v) is 4.99. The van der Waals surface area contributed by atoms with Crippen molar-refractivity contribution in [2.75, 3.05) is 0 Å². The van der Waals surface area contributed by atoms with Crippen molar-refractivity contribution in [1.82, 2.24) is 4.90 Å². The van der Waals surface area contributed by atoms with Crippen LogP contribution in [-0.2, 0) is 5.54 Å². The molecule has 0 bridgehead atoms. The monoisotopic (exact) mass is 350 g/mol. The molecule has 0 saturated heterocycles. The molecule has 1 aliphatic heterocycles. The van der Waals surface area contributed by atoms with Crippen LogP contribution in [0, 0.1) is 0 Å². The van der Waals surface area contributed by atoms with E-state index in [-0.39, 0.29) is 17.0 Å². The molecule has 2 aromatic rings. The summed E-state index contributed by atoms with van der Waals surface area (Å²) >= 11 is 0. The van der Waals surface area contributed by atoms with E-state index in [1.165, 1.54) is 23.1 Å². The normalized spacial score (nSPS) is 14.1. The first-order valence-corrected chi connectivity index (χ1v) is 8.57. The first-order valence-electron chi connectivity index (χ1n) is 8.57. The Morgan fingerprint density at radius 2 is 1.65 bits per heavy atom. The fourth-order valence-electron chi connectivity index (χ4n) is 3.31. The van der Waals surface area contributed by atoms with Gasteiger partial charge in [0, 0.05) is 5.56 Å². The van der Waals surface area contributed by atoms with Gasteiger partial charge in [0.2, 0.25) is 5.91 Å². The van der Waals surface area contributed by atoms with Gasteiger partial charge in [-0.1, -0.05) is 38.1 Å². The molecule has 0 fully saturated rings. The SMILES string of the molecule is CC(C)c1cccc(C(C)(C)N2C(=O)c3ccc(C(N)=O)cc3C2=O)c1. The molecular formula is C21H22N2O3. The standard InChI is InChI=1S/C21H22N2O3/c1-12(2)13-6-5-7-15(10-13)21(3,4)23-19(25)16-9-8-14(18(22)24)11-17(16)20(23)26/h5-12H,1-4H3,(H2,22,24). The summed E-state index contributed by atoms with van der Waals surface area (Å²) in [6.45, 7) is 7.89. The van der Waals surface area contributed by atoms with Crippen LogP contribution in [0.25, 0.3) is 0 Å². The van der Waals surface area contributed by atoms with E-state index < -0.39 is 17.4 Å². The number of benzene rings is 2. The van der Waals surface area contributed by atoms with Gasteiger partial charge < -0.3 is 5.73 Å². The van der Waals surface area contributed by atoms with Crippen molar-refractivity contribution in [3.8, 4) is 0 Å². The van der Waals surface area contributed by atoms with Crippen molar-refractivity contribution in [3.63, 3.8) is 0 Å². The van der Waals surface area contributed by atoms with E-state index in [9.17, 15) is 14.4 Å². The van der Waals surface area contributed by atoms with Gasteiger partial charge in [0.05, 0.1) is 16.7 Å². The molecule has 134 valence electrons. The molecule has 26 heavy (non-hydrogen) atoms. The largest absolute Gasteiger partial charge is 0.366 e. The Morgan fingerprint density at radius 3 is 2.27 bits per heavy atom. The van der Waals surface area contributed by atoms with Crippen LogP contribution in [0.2, 0.25) is 0 Å². The molecule has 5 nitrogen and oxygen atoms in total. The maximum atomic E-state index is 13.0. The summed E-state index contributed by atoms with van der Waals surface area (Å²) in [5.74, 6) is -1.06. The van der Waals surface area contributed by atoms with Gasteiger partial charge >= 0.3 is 0 Å². The zero-order valence-electron chi connectivity index (χ0n) is 15.4. The number of primary amides is 1. The van der Waals surface area contributed by atoms with Crippen LogP contribution in [0.15, 0.2) is 42.5 Å². The number of carbonyl (C=O) groups is 3. The molecule has 0 spiro atoms. The van der Waals surface area contributed by atoms with E-state index in [0.29, 0.717) is 11.5 Å². The van der Waals surface area contributed by atoms with Gasteiger partial charge in [0.25, 0.3) is 11.8 Å². The summed E-state index contributed by atoms with van der Waals surface area (Å²) in [6.07, 6.45) is 0. The number of imide groups is 1. The number of hydrogen-bond acceptors (Lipinski definition) is 3. The van der Waals surface area contributed by atoms with Crippen molar-refractivity contribution in [3.05, 3.63) is 70.3 Å². The molecule has 0 aromatic heterocycles. The van der Waals surface area contributed by atoms with Crippen LogP contribution in [0.5, 0.6) is 0 Å². The molecule has 3 rings (SSSR count). The Labute approximate surface area is 152 Å². The molecule has 1 aliphatic rings. The van der Waals surface area contributed by atoms with Crippen molar-refractivity contribution in [2.45, 2.75) is 39.2 Å². The fourth-order valence-corrected chi connectivity index (χ4v) is 3.31. The second kappa shape index (κ2) is 6.09. The first kappa shape index (κ1) is 17.9. The average molecular weight is 350 g/mol. The minimum absolute atomic E-state index is 0.214. The number of fused-ring (bicyclic) bond motifs is 1. The molecule has 2 N–H and O–H groups in total. The van der Waals surface area contributed by atoms with Crippen molar-refractivity contribution in [2.24, 2.45) is 5.73 Å². The predicted octanol–water partition coefficient (Wildman–Crippen LogP) is 3.44. The van der Waals surface area contributed by atoms with Crippen molar-refractivity contribution >= 4 is 17.7 Å². The van der Waals surface area contributed by atoms with Gasteiger partial charge in [-0.25, -0.2) is 0 Å². The first-order chi connectivity index (χ1) is 12.1. The van der Waals surface area contributed by atoms with Gasteiger partial charge in [0.15, 0.2) is 0 Å². The van der Waals surface area contributed by atoms with E-state index in [4.69, 9.17) is 5.73 Å². The Hall–Kier alpha value is -2.95. The zero-order valence-corrected chi connectivity index (χ0v) is 15.4. The quantitative estimate of drug-likeness (QED) is 0.858. The van der Waals surface area contributed by atoms with Crippen LogP contribution in [0.4, 0.5) is 0 Å². The predicted molar refractivity (Wildman–Crippen MR) is 99.0 cm³/mol. The topological polar surface area (TPSA) is 80.5 Å². The number of nitrogens with two attached hydrogens (primary N) is 1. The maximum Gasteiger partial charge on any atom is 0.262 e. The third-order valence-electron chi connectivity index (χ3n) is 4.99. The molecule has 3 amide bonds. The highest BCUT2D eigenvalue weighted by Gasteiger charge is 2.45. The van der Waals surface area contributed by atoms with Gasteiger partial charge in [-0.3, -0.25) is 19.3 Å². The lowest BCUT2D eigenvalue weighted by Gasteiger charge is -2.34. The second-order valence-electron chi connectivity index (χ2n) is 7.41. The summed E-state index contributed by atoms with van der Waals surface area (Å²) in [4.78, 5) is 38.6. The number of carbonyl (C=O) groups excluding carboxylic acids is 3. The highest BCUT2D eigenvalue weighted by atomic mass is 16.2. The smallest absolute Gasteiger partial charge is 0.262 e. The molecule has 0 radical (unpaired) electrons. The summed E-state index contributed by atoms with van der Waals surface area (Å²) in [5, 5.41) is 0. The fraction of sp³-hybridized carbons (Fsp3) is 0.286. The summed E-state index contributed by atoms with van der Waals surface area (Å²) < 4.78 is 0. The number of rotatable bonds is 4. The Morgan fingerprint density at radius 1 is 1.00 bits per heavy atom. The highest BCUT2D eigenvalue weighted by Crippen LogP contribution is 2.36. The Kier molecular flexibility index (Phi) is 4.18. The number of nitrogens with zero attached hydrogens (tertiary/aromatic N) is 1. The number of hydrogen-bond donors (Lipinski definition) is 1. The van der Waals surface area contributed by atoms with Crippen LogP contribution in [-0.4, -0.2) is 22.6 Å². The van der Waals surface area contributed by atoms with E-state index in [0.717, 1.165) is 11.1 Å². The average Bonchev–Trinajstić information content (AvgIpc) is 2.86. The Bertz CT molecular complexity index is 929. The zero-order chi connectivity index (χ0) is 19.2. The van der Waals surface area contributed by atoms with Crippen LogP contribution in [0.3, 0.4) is 0 Å². The van der Waals surface area contributed by atoms with Gasteiger partial charge in [-0.2, -0.15) is 0 Å².